The van der Waals surface area contributed by atoms with Gasteiger partial charge in [-0.2, -0.15) is 0 Å². The number of aromatic nitrogens is 2. The summed E-state index contributed by atoms with van der Waals surface area (Å²) in [6, 6.07) is 8.15. The van der Waals surface area contributed by atoms with Crippen molar-refractivity contribution < 1.29 is 0 Å². The molecule has 1 aliphatic rings. The minimum atomic E-state index is 0.519. The molecule has 1 aromatic heterocycles. The summed E-state index contributed by atoms with van der Waals surface area (Å²) in [7, 11) is 0. The van der Waals surface area contributed by atoms with E-state index in [1.165, 1.54) is 12.8 Å². The summed E-state index contributed by atoms with van der Waals surface area (Å²) in [5, 5.41) is 0. The fourth-order valence-electron chi connectivity index (χ4n) is 2.07. The second kappa shape index (κ2) is 3.56. The summed E-state index contributed by atoms with van der Waals surface area (Å²) in [6.07, 6.45) is 2.47. The topological polar surface area (TPSA) is 43.8 Å². The van der Waals surface area contributed by atoms with Crippen molar-refractivity contribution in [3.63, 3.8) is 0 Å². The lowest BCUT2D eigenvalue weighted by Crippen LogP contribution is -2.18. The van der Waals surface area contributed by atoms with E-state index >= 15 is 0 Å². The molecule has 2 N–H and O–H groups in total. The van der Waals surface area contributed by atoms with Gasteiger partial charge in [-0.05, 0) is 25.0 Å². The minimum Gasteiger partial charge on any atom is -0.392 e. The quantitative estimate of drug-likeness (QED) is 0.824. The first-order chi connectivity index (χ1) is 7.75. The molecule has 0 unspecified atom stereocenters. The molecular weight excluding hydrogens is 218 g/mol. The van der Waals surface area contributed by atoms with Crippen molar-refractivity contribution >= 4 is 28.2 Å². The van der Waals surface area contributed by atoms with E-state index in [4.69, 9.17) is 18.0 Å². The molecule has 1 aromatic carbocycles. The van der Waals surface area contributed by atoms with Crippen LogP contribution in [0.4, 0.5) is 0 Å². The van der Waals surface area contributed by atoms with Gasteiger partial charge < -0.3 is 10.3 Å². The molecule has 1 aliphatic carbocycles. The lowest BCUT2D eigenvalue weighted by molar-refractivity contribution is 0.784. The molecule has 0 bridgehead atoms. The highest BCUT2D eigenvalue weighted by atomic mass is 32.1. The molecule has 1 fully saturated rings. The Bertz CT molecular complexity index is 554. The van der Waals surface area contributed by atoms with Crippen molar-refractivity contribution in [3.8, 4) is 0 Å². The SMILES string of the molecule is NC(=S)Cn1c(C2CC2)nc2ccccc21. The monoisotopic (exact) mass is 231 g/mol. The maximum atomic E-state index is 5.65. The van der Waals surface area contributed by atoms with Crippen molar-refractivity contribution in [1.29, 1.82) is 0 Å². The Labute approximate surface area is 99.3 Å². The van der Waals surface area contributed by atoms with Crippen LogP contribution in [0.1, 0.15) is 24.6 Å². The third kappa shape index (κ3) is 1.59. The van der Waals surface area contributed by atoms with Gasteiger partial charge >= 0.3 is 0 Å². The first kappa shape index (κ1) is 9.78. The number of nitrogens with two attached hydrogens (primary N) is 1. The summed E-state index contributed by atoms with van der Waals surface area (Å²) in [4.78, 5) is 5.19. The lowest BCUT2D eigenvalue weighted by atomic mass is 10.3. The highest BCUT2D eigenvalue weighted by Gasteiger charge is 2.29. The van der Waals surface area contributed by atoms with Crippen molar-refractivity contribution in [2.75, 3.05) is 0 Å². The van der Waals surface area contributed by atoms with E-state index in [9.17, 15) is 0 Å². The average Bonchev–Trinajstić information content (AvgIpc) is 3.03. The summed E-state index contributed by atoms with van der Waals surface area (Å²) in [6.45, 7) is 0.599. The van der Waals surface area contributed by atoms with Gasteiger partial charge in [-0.1, -0.05) is 24.4 Å². The molecule has 3 nitrogen and oxygen atoms in total. The molecule has 82 valence electrons. The Morgan fingerprint density at radius 2 is 2.19 bits per heavy atom. The Kier molecular flexibility index (Phi) is 2.17. The number of hydrogen-bond acceptors (Lipinski definition) is 2. The van der Waals surface area contributed by atoms with Gasteiger partial charge in [-0.25, -0.2) is 4.98 Å². The lowest BCUT2D eigenvalue weighted by Gasteiger charge is -2.06. The van der Waals surface area contributed by atoms with Crippen molar-refractivity contribution in [2.24, 2.45) is 5.73 Å². The fraction of sp³-hybridized carbons (Fsp3) is 0.333. The maximum absolute atomic E-state index is 5.65. The van der Waals surface area contributed by atoms with Crippen molar-refractivity contribution in [1.82, 2.24) is 9.55 Å². The van der Waals surface area contributed by atoms with Gasteiger partial charge in [0.15, 0.2) is 0 Å². The van der Waals surface area contributed by atoms with Crippen LogP contribution in [0, 0.1) is 0 Å². The summed E-state index contributed by atoms with van der Waals surface area (Å²) < 4.78 is 2.16. The smallest absolute Gasteiger partial charge is 0.113 e. The Morgan fingerprint density at radius 1 is 1.44 bits per heavy atom. The Balaban J connectivity index is 2.18. The summed E-state index contributed by atoms with van der Waals surface area (Å²) >= 11 is 5.00. The molecular formula is C12H13N3S. The first-order valence-corrected chi connectivity index (χ1v) is 5.90. The van der Waals surface area contributed by atoms with E-state index in [1.807, 2.05) is 18.2 Å². The second-order valence-corrected chi connectivity index (χ2v) is 4.81. The van der Waals surface area contributed by atoms with E-state index in [2.05, 4.69) is 15.6 Å². The Morgan fingerprint density at radius 3 is 2.88 bits per heavy atom. The standard InChI is InChI=1S/C12H13N3S/c13-11(16)7-15-10-4-2-1-3-9(10)14-12(15)8-5-6-8/h1-4,8H,5-7H2,(H2,13,16). The van der Waals surface area contributed by atoms with Crippen LogP contribution < -0.4 is 5.73 Å². The average molecular weight is 231 g/mol. The summed E-state index contributed by atoms with van der Waals surface area (Å²) in [5.74, 6) is 1.76. The number of fused-ring (bicyclic) bond motifs is 1. The number of thiocarbonyl (C=S) groups is 1. The largest absolute Gasteiger partial charge is 0.392 e. The van der Waals surface area contributed by atoms with E-state index in [-0.39, 0.29) is 0 Å². The van der Waals surface area contributed by atoms with E-state index in [1.54, 1.807) is 0 Å². The zero-order valence-electron chi connectivity index (χ0n) is 8.89. The molecule has 0 radical (unpaired) electrons. The van der Waals surface area contributed by atoms with Crippen LogP contribution in [0.2, 0.25) is 0 Å². The van der Waals surface area contributed by atoms with Crippen LogP contribution >= 0.6 is 12.2 Å². The highest BCUT2D eigenvalue weighted by molar-refractivity contribution is 7.80. The minimum absolute atomic E-state index is 0.519. The van der Waals surface area contributed by atoms with Crippen LogP contribution in [-0.4, -0.2) is 14.5 Å². The molecule has 0 saturated heterocycles. The summed E-state index contributed by atoms with van der Waals surface area (Å²) in [5.41, 5.74) is 7.83. The number of imidazole rings is 1. The first-order valence-electron chi connectivity index (χ1n) is 5.49. The molecule has 0 amide bonds. The van der Waals surface area contributed by atoms with Gasteiger partial charge in [0.2, 0.25) is 0 Å². The van der Waals surface area contributed by atoms with Crippen LogP contribution in [0.3, 0.4) is 0 Å². The fourth-order valence-corrected chi connectivity index (χ4v) is 2.20. The maximum Gasteiger partial charge on any atom is 0.113 e. The third-order valence-electron chi connectivity index (χ3n) is 2.94. The molecule has 4 heteroatoms. The number of hydrogen-bond donors (Lipinski definition) is 1. The van der Waals surface area contributed by atoms with E-state index in [0.717, 1.165) is 16.9 Å². The van der Waals surface area contributed by atoms with Gasteiger partial charge in [0.1, 0.15) is 5.82 Å². The van der Waals surface area contributed by atoms with Crippen molar-refractivity contribution in [3.05, 3.63) is 30.1 Å². The van der Waals surface area contributed by atoms with E-state index < -0.39 is 0 Å². The van der Waals surface area contributed by atoms with Crippen molar-refractivity contribution in [2.45, 2.75) is 25.3 Å². The van der Waals surface area contributed by atoms with Crippen LogP contribution in [0.25, 0.3) is 11.0 Å². The van der Waals surface area contributed by atoms with Crippen LogP contribution in [-0.2, 0) is 6.54 Å². The second-order valence-electron chi connectivity index (χ2n) is 4.29. The van der Waals surface area contributed by atoms with Gasteiger partial charge in [-0.15, -0.1) is 0 Å². The zero-order chi connectivity index (χ0) is 11.1. The molecule has 3 rings (SSSR count). The third-order valence-corrected chi connectivity index (χ3v) is 3.07. The molecule has 1 heterocycles. The number of rotatable bonds is 3. The zero-order valence-corrected chi connectivity index (χ0v) is 9.70. The van der Waals surface area contributed by atoms with Gasteiger partial charge in [0, 0.05) is 5.92 Å². The molecule has 2 aromatic rings. The van der Waals surface area contributed by atoms with Crippen LogP contribution in [0.5, 0.6) is 0 Å². The van der Waals surface area contributed by atoms with E-state index in [0.29, 0.717) is 17.5 Å². The number of benzene rings is 1. The highest BCUT2D eigenvalue weighted by Crippen LogP contribution is 2.40. The predicted molar refractivity (Wildman–Crippen MR) is 68.5 cm³/mol. The molecule has 0 spiro atoms. The van der Waals surface area contributed by atoms with Gasteiger partial charge in [0.05, 0.1) is 22.6 Å². The predicted octanol–water partition coefficient (Wildman–Crippen LogP) is 2.20. The van der Waals surface area contributed by atoms with Gasteiger partial charge in [0.25, 0.3) is 0 Å². The molecule has 16 heavy (non-hydrogen) atoms. The van der Waals surface area contributed by atoms with Crippen LogP contribution in [0.15, 0.2) is 24.3 Å². The Hall–Kier alpha value is -1.42. The molecule has 0 aliphatic heterocycles. The molecule has 0 atom stereocenters. The number of nitrogens with zero attached hydrogens (tertiary/aromatic N) is 2. The molecule has 1 saturated carbocycles. The van der Waals surface area contributed by atoms with Gasteiger partial charge in [-0.3, -0.25) is 0 Å². The number of para-hydroxylation sites is 2. The normalized spacial score (nSPS) is 15.5.